The van der Waals surface area contributed by atoms with Gasteiger partial charge in [0.2, 0.25) is 5.75 Å². The zero-order chi connectivity index (χ0) is 14.7. The first-order chi connectivity index (χ1) is 9.47. The highest BCUT2D eigenvalue weighted by atomic mass is 79.9. The van der Waals surface area contributed by atoms with Crippen molar-refractivity contribution in [1.29, 1.82) is 0 Å². The Kier molecular flexibility index (Phi) is 4.36. The summed E-state index contributed by atoms with van der Waals surface area (Å²) in [6.45, 7) is 1.66. The van der Waals surface area contributed by atoms with Crippen molar-refractivity contribution in [2.75, 3.05) is 0 Å². The van der Waals surface area contributed by atoms with E-state index in [1.54, 1.807) is 37.3 Å². The molecule has 0 bridgehead atoms. The van der Waals surface area contributed by atoms with Crippen molar-refractivity contribution in [3.05, 3.63) is 62.6 Å². The van der Waals surface area contributed by atoms with Gasteiger partial charge in [0.1, 0.15) is 5.75 Å². The standard InChI is InChI=1S/C14H12BrNO4/c1-9(17)10-2-5-12(6-3-10)20-14-7-4-11(15)8-13(14)16(18)19/h2-9,17H,1H3. The molecule has 0 aliphatic carbocycles. The molecule has 0 saturated heterocycles. The molecule has 0 aliphatic heterocycles. The van der Waals surface area contributed by atoms with Gasteiger partial charge < -0.3 is 9.84 Å². The van der Waals surface area contributed by atoms with Crippen LogP contribution in [-0.4, -0.2) is 10.0 Å². The molecule has 0 spiro atoms. The van der Waals surface area contributed by atoms with E-state index in [1.165, 1.54) is 12.1 Å². The van der Waals surface area contributed by atoms with Gasteiger partial charge in [0, 0.05) is 10.5 Å². The Hall–Kier alpha value is -1.92. The van der Waals surface area contributed by atoms with Crippen molar-refractivity contribution in [3.63, 3.8) is 0 Å². The number of nitro benzene ring substituents is 1. The molecule has 0 saturated carbocycles. The number of benzene rings is 2. The van der Waals surface area contributed by atoms with Crippen LogP contribution < -0.4 is 4.74 Å². The zero-order valence-electron chi connectivity index (χ0n) is 10.6. The maximum absolute atomic E-state index is 11.0. The van der Waals surface area contributed by atoms with Gasteiger partial charge in [0.25, 0.3) is 0 Å². The van der Waals surface area contributed by atoms with E-state index in [0.717, 1.165) is 5.56 Å². The summed E-state index contributed by atoms with van der Waals surface area (Å²) in [6, 6.07) is 11.3. The van der Waals surface area contributed by atoms with E-state index in [9.17, 15) is 15.2 Å². The van der Waals surface area contributed by atoms with E-state index < -0.39 is 11.0 Å². The Morgan fingerprint density at radius 1 is 1.25 bits per heavy atom. The van der Waals surface area contributed by atoms with E-state index >= 15 is 0 Å². The SMILES string of the molecule is CC(O)c1ccc(Oc2ccc(Br)cc2[N+](=O)[O-])cc1. The van der Waals surface area contributed by atoms with Crippen LogP contribution in [0.2, 0.25) is 0 Å². The number of nitro groups is 1. The van der Waals surface area contributed by atoms with Crippen molar-refractivity contribution in [2.45, 2.75) is 13.0 Å². The lowest BCUT2D eigenvalue weighted by atomic mass is 10.1. The van der Waals surface area contributed by atoms with Gasteiger partial charge in [-0.3, -0.25) is 10.1 Å². The number of hydrogen-bond acceptors (Lipinski definition) is 4. The number of aliphatic hydroxyl groups is 1. The molecule has 2 aromatic carbocycles. The summed E-state index contributed by atoms with van der Waals surface area (Å²) in [7, 11) is 0. The van der Waals surface area contributed by atoms with E-state index in [0.29, 0.717) is 10.2 Å². The molecular weight excluding hydrogens is 326 g/mol. The van der Waals surface area contributed by atoms with Crippen molar-refractivity contribution >= 4 is 21.6 Å². The number of hydrogen-bond donors (Lipinski definition) is 1. The van der Waals surface area contributed by atoms with Crippen LogP contribution >= 0.6 is 15.9 Å². The average molecular weight is 338 g/mol. The molecule has 0 radical (unpaired) electrons. The third kappa shape index (κ3) is 3.34. The molecule has 5 nitrogen and oxygen atoms in total. The van der Waals surface area contributed by atoms with E-state index in [4.69, 9.17) is 4.74 Å². The monoisotopic (exact) mass is 337 g/mol. The Morgan fingerprint density at radius 3 is 2.45 bits per heavy atom. The number of nitrogens with zero attached hydrogens (tertiary/aromatic N) is 1. The van der Waals surface area contributed by atoms with Crippen LogP contribution in [-0.2, 0) is 0 Å². The minimum absolute atomic E-state index is 0.112. The van der Waals surface area contributed by atoms with Gasteiger partial charge in [-0.15, -0.1) is 0 Å². The molecule has 0 aromatic heterocycles. The van der Waals surface area contributed by atoms with Crippen LogP contribution in [0.1, 0.15) is 18.6 Å². The third-order valence-electron chi connectivity index (χ3n) is 2.71. The number of halogens is 1. The summed E-state index contributed by atoms with van der Waals surface area (Å²) in [4.78, 5) is 10.5. The molecule has 0 heterocycles. The highest BCUT2D eigenvalue weighted by Gasteiger charge is 2.16. The molecule has 1 unspecified atom stereocenters. The van der Waals surface area contributed by atoms with Crippen molar-refractivity contribution in [3.8, 4) is 11.5 Å². The fourth-order valence-corrected chi connectivity index (χ4v) is 2.01. The Balaban J connectivity index is 2.28. The minimum Gasteiger partial charge on any atom is -0.450 e. The van der Waals surface area contributed by atoms with Gasteiger partial charge >= 0.3 is 5.69 Å². The molecule has 6 heteroatoms. The number of aliphatic hydroxyl groups excluding tert-OH is 1. The Labute approximate surface area is 124 Å². The smallest absolute Gasteiger partial charge is 0.312 e. The van der Waals surface area contributed by atoms with Gasteiger partial charge in [-0.25, -0.2) is 0 Å². The molecule has 1 atom stereocenters. The van der Waals surface area contributed by atoms with Crippen molar-refractivity contribution in [2.24, 2.45) is 0 Å². The molecule has 1 N–H and O–H groups in total. The molecule has 20 heavy (non-hydrogen) atoms. The first kappa shape index (κ1) is 14.5. The summed E-state index contributed by atoms with van der Waals surface area (Å²) in [5.41, 5.74) is 0.640. The van der Waals surface area contributed by atoms with Crippen molar-refractivity contribution in [1.82, 2.24) is 0 Å². The lowest BCUT2D eigenvalue weighted by molar-refractivity contribution is -0.385. The number of rotatable bonds is 4. The zero-order valence-corrected chi connectivity index (χ0v) is 12.2. The molecule has 2 aromatic rings. The molecule has 104 valence electrons. The normalized spacial score (nSPS) is 11.9. The van der Waals surface area contributed by atoms with Gasteiger partial charge in [-0.1, -0.05) is 28.1 Å². The van der Waals surface area contributed by atoms with E-state index in [2.05, 4.69) is 15.9 Å². The summed E-state index contributed by atoms with van der Waals surface area (Å²) in [5.74, 6) is 0.641. The fraction of sp³-hybridized carbons (Fsp3) is 0.143. The predicted molar refractivity (Wildman–Crippen MR) is 77.9 cm³/mol. The highest BCUT2D eigenvalue weighted by molar-refractivity contribution is 9.10. The molecular formula is C14H12BrNO4. The molecule has 2 rings (SSSR count). The second-order valence-corrected chi connectivity index (χ2v) is 5.13. The lowest BCUT2D eigenvalue weighted by Crippen LogP contribution is -1.94. The van der Waals surface area contributed by atoms with E-state index in [-0.39, 0.29) is 11.4 Å². The van der Waals surface area contributed by atoms with Crippen LogP contribution in [0.25, 0.3) is 0 Å². The van der Waals surface area contributed by atoms with Crippen LogP contribution in [0.15, 0.2) is 46.9 Å². The summed E-state index contributed by atoms with van der Waals surface area (Å²) in [5, 5.41) is 20.4. The van der Waals surface area contributed by atoms with Crippen LogP contribution in [0, 0.1) is 10.1 Å². The Bertz CT molecular complexity index is 626. The average Bonchev–Trinajstić information content (AvgIpc) is 2.41. The van der Waals surface area contributed by atoms with Gasteiger partial charge in [0.15, 0.2) is 0 Å². The van der Waals surface area contributed by atoms with E-state index in [1.807, 2.05) is 0 Å². The highest BCUT2D eigenvalue weighted by Crippen LogP contribution is 2.33. The maximum atomic E-state index is 11.0. The number of ether oxygens (including phenoxy) is 1. The molecule has 0 aliphatic rings. The molecule has 0 amide bonds. The van der Waals surface area contributed by atoms with Gasteiger partial charge in [-0.2, -0.15) is 0 Å². The first-order valence-corrected chi connectivity index (χ1v) is 6.66. The summed E-state index contributed by atoms with van der Waals surface area (Å²) >= 11 is 3.19. The summed E-state index contributed by atoms with van der Waals surface area (Å²) < 4.78 is 6.13. The minimum atomic E-state index is -0.564. The van der Waals surface area contributed by atoms with Gasteiger partial charge in [-0.05, 0) is 36.8 Å². The third-order valence-corrected chi connectivity index (χ3v) is 3.20. The largest absolute Gasteiger partial charge is 0.450 e. The lowest BCUT2D eigenvalue weighted by Gasteiger charge is -2.08. The van der Waals surface area contributed by atoms with Gasteiger partial charge in [0.05, 0.1) is 11.0 Å². The second-order valence-electron chi connectivity index (χ2n) is 4.22. The van der Waals surface area contributed by atoms with Crippen LogP contribution in [0.5, 0.6) is 11.5 Å². The first-order valence-electron chi connectivity index (χ1n) is 5.87. The second kappa shape index (κ2) is 6.02. The fourth-order valence-electron chi connectivity index (χ4n) is 1.66. The Morgan fingerprint density at radius 2 is 1.90 bits per heavy atom. The molecule has 0 fully saturated rings. The predicted octanol–water partition coefficient (Wildman–Crippen LogP) is 4.20. The van der Waals surface area contributed by atoms with Crippen LogP contribution in [0.4, 0.5) is 5.69 Å². The topological polar surface area (TPSA) is 72.6 Å². The maximum Gasteiger partial charge on any atom is 0.312 e. The summed E-state index contributed by atoms with van der Waals surface area (Å²) in [6.07, 6.45) is -0.564. The van der Waals surface area contributed by atoms with Crippen LogP contribution in [0.3, 0.4) is 0 Å². The quantitative estimate of drug-likeness (QED) is 0.670. The van der Waals surface area contributed by atoms with Crippen molar-refractivity contribution < 1.29 is 14.8 Å².